The fourth-order valence-corrected chi connectivity index (χ4v) is 2.73. The number of thioether (sulfide) groups is 1. The molecule has 0 radical (unpaired) electrons. The third-order valence-electron chi connectivity index (χ3n) is 3.23. The predicted octanol–water partition coefficient (Wildman–Crippen LogP) is 2.67. The van der Waals surface area contributed by atoms with Crippen LogP contribution in [0.15, 0.2) is 53.7 Å². The van der Waals surface area contributed by atoms with E-state index in [1.54, 1.807) is 0 Å². The number of nitrogen functional groups attached to an aromatic ring is 1. The Morgan fingerprint density at radius 2 is 1.92 bits per heavy atom. The van der Waals surface area contributed by atoms with Crippen molar-refractivity contribution in [2.45, 2.75) is 5.16 Å². The fourth-order valence-electron chi connectivity index (χ4n) is 2.07. The largest absolute Gasteiger partial charge is 0.335 e. The summed E-state index contributed by atoms with van der Waals surface area (Å²) in [5.74, 6) is 4.45. The predicted molar refractivity (Wildman–Crippen MR) is 91.3 cm³/mol. The minimum atomic E-state index is -0.715. The highest BCUT2D eigenvalue weighted by molar-refractivity contribution is 7.99. The maximum Gasteiger partial charge on any atom is 0.234 e. The van der Waals surface area contributed by atoms with Crippen molar-refractivity contribution in [3.8, 4) is 11.4 Å². The van der Waals surface area contributed by atoms with Gasteiger partial charge in [0, 0.05) is 11.6 Å². The first-order chi connectivity index (χ1) is 12.0. The molecule has 9 heteroatoms. The molecule has 3 aromatic rings. The summed E-state index contributed by atoms with van der Waals surface area (Å²) in [6.45, 7) is 0. The van der Waals surface area contributed by atoms with Gasteiger partial charge in [0.05, 0.1) is 11.4 Å². The number of nitrogens with two attached hydrogens (primary N) is 1. The zero-order chi connectivity index (χ0) is 17.8. The first-order valence-corrected chi connectivity index (χ1v) is 8.17. The van der Waals surface area contributed by atoms with Crippen molar-refractivity contribution in [3.63, 3.8) is 0 Å². The van der Waals surface area contributed by atoms with E-state index in [9.17, 15) is 13.6 Å². The molecule has 0 aliphatic carbocycles. The minimum absolute atomic E-state index is 0.0833. The number of amides is 1. The number of halogens is 2. The molecule has 1 aromatic heterocycles. The van der Waals surface area contributed by atoms with E-state index < -0.39 is 17.5 Å². The molecule has 0 aliphatic rings. The molecule has 25 heavy (non-hydrogen) atoms. The first-order valence-electron chi connectivity index (χ1n) is 7.18. The lowest BCUT2D eigenvalue weighted by Gasteiger charge is -2.06. The van der Waals surface area contributed by atoms with E-state index in [0.717, 1.165) is 35.5 Å². The minimum Gasteiger partial charge on any atom is -0.335 e. The van der Waals surface area contributed by atoms with Gasteiger partial charge in [-0.25, -0.2) is 13.5 Å². The Morgan fingerprint density at radius 1 is 1.16 bits per heavy atom. The number of nitrogens with zero attached hydrogens (tertiary/aromatic N) is 3. The van der Waals surface area contributed by atoms with Crippen LogP contribution in [0.4, 0.5) is 14.5 Å². The van der Waals surface area contributed by atoms with Gasteiger partial charge in [-0.15, -0.1) is 10.2 Å². The van der Waals surface area contributed by atoms with Crippen molar-refractivity contribution in [1.29, 1.82) is 0 Å². The van der Waals surface area contributed by atoms with Crippen molar-refractivity contribution in [3.05, 3.63) is 60.2 Å². The lowest BCUT2D eigenvalue weighted by molar-refractivity contribution is -0.113. The maximum atomic E-state index is 13.5. The van der Waals surface area contributed by atoms with Crippen LogP contribution >= 0.6 is 11.8 Å². The summed E-state index contributed by atoms with van der Waals surface area (Å²) in [6, 6.07) is 12.1. The Kier molecular flexibility index (Phi) is 4.94. The summed E-state index contributed by atoms with van der Waals surface area (Å²) < 4.78 is 27.9. The van der Waals surface area contributed by atoms with Crippen molar-refractivity contribution >= 4 is 23.4 Å². The van der Waals surface area contributed by atoms with Crippen LogP contribution in [0, 0.1) is 11.6 Å². The smallest absolute Gasteiger partial charge is 0.234 e. The Bertz CT molecular complexity index is 901. The highest BCUT2D eigenvalue weighted by atomic mass is 32.2. The number of aromatic nitrogens is 3. The normalized spacial score (nSPS) is 10.6. The molecule has 3 rings (SSSR count). The second kappa shape index (κ2) is 7.31. The average Bonchev–Trinajstić information content (AvgIpc) is 2.98. The molecule has 0 aliphatic heterocycles. The molecule has 128 valence electrons. The molecule has 0 bridgehead atoms. The number of benzene rings is 2. The summed E-state index contributed by atoms with van der Waals surface area (Å²) in [5.41, 5.74) is 0.570. The number of carbonyl (C=O) groups is 1. The molecule has 3 N–H and O–H groups in total. The molecule has 2 aromatic carbocycles. The summed E-state index contributed by atoms with van der Waals surface area (Å²) in [7, 11) is 0. The summed E-state index contributed by atoms with van der Waals surface area (Å²) in [5, 5.41) is 10.6. The van der Waals surface area contributed by atoms with Gasteiger partial charge in [0.15, 0.2) is 5.82 Å². The molecule has 1 heterocycles. The van der Waals surface area contributed by atoms with E-state index in [2.05, 4.69) is 15.5 Å². The van der Waals surface area contributed by atoms with Crippen LogP contribution < -0.4 is 11.2 Å². The second-order valence-corrected chi connectivity index (χ2v) is 5.95. The Morgan fingerprint density at radius 3 is 2.68 bits per heavy atom. The van der Waals surface area contributed by atoms with Crippen LogP contribution in [0.2, 0.25) is 0 Å². The van der Waals surface area contributed by atoms with Gasteiger partial charge < -0.3 is 11.2 Å². The zero-order valence-electron chi connectivity index (χ0n) is 12.8. The molecule has 0 unspecified atom stereocenters. The van der Waals surface area contributed by atoms with Gasteiger partial charge in [0.1, 0.15) is 11.6 Å². The molecule has 1 amide bonds. The van der Waals surface area contributed by atoms with Gasteiger partial charge in [-0.05, 0) is 12.1 Å². The van der Waals surface area contributed by atoms with Crippen LogP contribution in [-0.2, 0) is 4.79 Å². The van der Waals surface area contributed by atoms with Gasteiger partial charge in [0.25, 0.3) is 0 Å². The number of hydrogen-bond donors (Lipinski definition) is 2. The molecular weight excluding hydrogens is 348 g/mol. The molecule has 0 fully saturated rings. The third kappa shape index (κ3) is 3.94. The Labute approximate surface area is 146 Å². The van der Waals surface area contributed by atoms with Gasteiger partial charge in [0.2, 0.25) is 11.1 Å². The number of rotatable bonds is 5. The monoisotopic (exact) mass is 361 g/mol. The third-order valence-corrected chi connectivity index (χ3v) is 4.17. The van der Waals surface area contributed by atoms with E-state index in [-0.39, 0.29) is 11.4 Å². The highest BCUT2D eigenvalue weighted by Crippen LogP contribution is 2.22. The standard InChI is InChI=1S/C16H13F2N5OS/c17-11-6-7-12(18)13(8-11)20-14(24)9-25-16-22-21-15(23(16)19)10-4-2-1-3-5-10/h1-8H,9,19H2,(H,20,24). The molecular formula is C16H13F2N5OS. The van der Waals surface area contributed by atoms with Gasteiger partial charge >= 0.3 is 0 Å². The lowest BCUT2D eigenvalue weighted by atomic mass is 10.2. The van der Waals surface area contributed by atoms with Gasteiger partial charge in [-0.1, -0.05) is 42.1 Å². The molecule has 6 nitrogen and oxygen atoms in total. The topological polar surface area (TPSA) is 85.8 Å². The van der Waals surface area contributed by atoms with E-state index in [0.29, 0.717) is 11.0 Å². The summed E-state index contributed by atoms with van der Waals surface area (Å²) in [4.78, 5) is 11.9. The van der Waals surface area contributed by atoms with Crippen LogP contribution in [0.3, 0.4) is 0 Å². The van der Waals surface area contributed by atoms with Crippen LogP contribution in [0.1, 0.15) is 0 Å². The lowest BCUT2D eigenvalue weighted by Crippen LogP contribution is -2.17. The molecule has 0 atom stereocenters. The summed E-state index contributed by atoms with van der Waals surface area (Å²) in [6.07, 6.45) is 0. The highest BCUT2D eigenvalue weighted by Gasteiger charge is 2.14. The first kappa shape index (κ1) is 16.9. The van der Waals surface area contributed by atoms with Gasteiger partial charge in [-0.2, -0.15) is 0 Å². The van der Waals surface area contributed by atoms with Crippen molar-refractivity contribution < 1.29 is 13.6 Å². The quantitative estimate of drug-likeness (QED) is 0.539. The van der Waals surface area contributed by atoms with Crippen LogP contribution in [0.5, 0.6) is 0 Å². The van der Waals surface area contributed by atoms with E-state index in [1.165, 1.54) is 4.68 Å². The molecule has 0 saturated carbocycles. The number of hydrogen-bond acceptors (Lipinski definition) is 5. The number of anilines is 1. The van der Waals surface area contributed by atoms with E-state index in [4.69, 9.17) is 5.84 Å². The summed E-state index contributed by atoms with van der Waals surface area (Å²) >= 11 is 1.04. The Hall–Kier alpha value is -2.94. The zero-order valence-corrected chi connectivity index (χ0v) is 13.6. The number of carbonyl (C=O) groups excluding carboxylic acids is 1. The van der Waals surface area contributed by atoms with Gasteiger partial charge in [-0.3, -0.25) is 4.79 Å². The molecule has 0 saturated heterocycles. The van der Waals surface area contributed by atoms with E-state index in [1.807, 2.05) is 30.3 Å². The average molecular weight is 361 g/mol. The number of nitrogens with one attached hydrogen (secondary N) is 1. The fraction of sp³-hybridized carbons (Fsp3) is 0.0625. The second-order valence-electron chi connectivity index (χ2n) is 5.00. The van der Waals surface area contributed by atoms with E-state index >= 15 is 0 Å². The SMILES string of the molecule is Nn1c(SCC(=O)Nc2cc(F)ccc2F)nnc1-c1ccccc1. The van der Waals surface area contributed by atoms with Crippen LogP contribution in [-0.4, -0.2) is 26.5 Å². The van der Waals surface area contributed by atoms with Crippen molar-refractivity contribution in [1.82, 2.24) is 14.9 Å². The van der Waals surface area contributed by atoms with Crippen molar-refractivity contribution in [2.75, 3.05) is 16.9 Å². The van der Waals surface area contributed by atoms with Crippen LogP contribution in [0.25, 0.3) is 11.4 Å². The van der Waals surface area contributed by atoms with Crippen molar-refractivity contribution in [2.24, 2.45) is 0 Å². The maximum absolute atomic E-state index is 13.5. The Balaban J connectivity index is 1.65. The molecule has 0 spiro atoms.